The Kier molecular flexibility index (Phi) is 8.26. The summed E-state index contributed by atoms with van der Waals surface area (Å²) < 4.78 is 0. The van der Waals surface area contributed by atoms with Gasteiger partial charge in [-0.25, -0.2) is 4.98 Å². The summed E-state index contributed by atoms with van der Waals surface area (Å²) in [7, 11) is 0. The molecule has 1 saturated heterocycles. The monoisotopic (exact) mass is 518 g/mol. The molecule has 2 aliphatic heterocycles. The largest absolute Gasteiger partial charge is 0.309 e. The second-order valence-electron chi connectivity index (χ2n) is 8.64. The van der Waals surface area contributed by atoms with Gasteiger partial charge in [-0.15, -0.1) is 24.2 Å². The number of pyridine rings is 3. The first-order valence-corrected chi connectivity index (χ1v) is 12.7. The zero-order valence-corrected chi connectivity index (χ0v) is 21.4. The molecule has 5 heterocycles. The second-order valence-corrected chi connectivity index (χ2v) is 10.1. The van der Waals surface area contributed by atoms with E-state index in [2.05, 4.69) is 31.6 Å². The molecule has 0 bridgehead atoms. The maximum absolute atomic E-state index is 11.6. The fraction of sp³-hybridized carbons (Fsp3) is 0.417. The summed E-state index contributed by atoms with van der Waals surface area (Å²) in [5.74, 6) is 1.17. The Bertz CT molecular complexity index is 1180. The third kappa shape index (κ3) is 5.80. The molecule has 1 amide bonds. The Morgan fingerprint density at radius 3 is 2.85 bits per heavy atom. The maximum Gasteiger partial charge on any atom is 0.235 e. The molecule has 5 rings (SSSR count). The van der Waals surface area contributed by atoms with Crippen LogP contribution in [-0.2, 0) is 17.8 Å². The molecule has 0 radical (unpaired) electrons. The normalized spacial score (nSPS) is 16.7. The average molecular weight is 520 g/mol. The quantitative estimate of drug-likeness (QED) is 0.504. The number of likely N-dealkylation sites (tertiary alicyclic amines) is 1. The lowest BCUT2D eigenvalue weighted by atomic mass is 10.0. The number of carbonyl (C=O) groups excluding carboxylic acids is 1. The molecule has 2 N–H and O–H groups in total. The summed E-state index contributed by atoms with van der Waals surface area (Å²) in [6.07, 6.45) is 4.81. The van der Waals surface area contributed by atoms with E-state index in [9.17, 15) is 4.79 Å². The van der Waals surface area contributed by atoms with Crippen molar-refractivity contribution in [2.75, 3.05) is 30.7 Å². The van der Waals surface area contributed by atoms with Crippen molar-refractivity contribution in [2.45, 2.75) is 43.7 Å². The van der Waals surface area contributed by atoms with Gasteiger partial charge in [0, 0.05) is 36.6 Å². The van der Waals surface area contributed by atoms with Gasteiger partial charge in [0.05, 0.1) is 32.4 Å². The molecule has 0 saturated carbocycles. The summed E-state index contributed by atoms with van der Waals surface area (Å²) in [5, 5.41) is 7.21. The van der Waals surface area contributed by atoms with Crippen LogP contribution in [0.2, 0.25) is 5.02 Å². The van der Waals surface area contributed by atoms with Crippen LogP contribution >= 0.6 is 35.8 Å². The highest BCUT2D eigenvalue weighted by molar-refractivity contribution is 8.00. The van der Waals surface area contributed by atoms with Gasteiger partial charge in [-0.2, -0.15) is 0 Å². The highest BCUT2D eigenvalue weighted by Gasteiger charge is 2.21. The molecule has 10 heteroatoms. The van der Waals surface area contributed by atoms with Crippen LogP contribution in [0.25, 0.3) is 11.0 Å². The average Bonchev–Trinajstić information content (AvgIpc) is 2.82. The molecule has 0 spiro atoms. The summed E-state index contributed by atoms with van der Waals surface area (Å²) in [6, 6.07) is 8.57. The number of rotatable bonds is 6. The van der Waals surface area contributed by atoms with Gasteiger partial charge in [-0.05, 0) is 63.5 Å². The van der Waals surface area contributed by atoms with E-state index in [1.165, 1.54) is 0 Å². The van der Waals surface area contributed by atoms with Crippen LogP contribution in [0.3, 0.4) is 0 Å². The molecule has 180 valence electrons. The molecule has 1 fully saturated rings. The minimum atomic E-state index is 0. The number of thioether (sulfide) groups is 1. The molecule has 0 unspecified atom stereocenters. The number of anilines is 1. The number of aromatic nitrogens is 3. The van der Waals surface area contributed by atoms with Gasteiger partial charge in [0.15, 0.2) is 0 Å². The van der Waals surface area contributed by atoms with Crippen LogP contribution in [0.1, 0.15) is 29.8 Å². The van der Waals surface area contributed by atoms with Gasteiger partial charge >= 0.3 is 0 Å². The lowest BCUT2D eigenvalue weighted by Gasteiger charge is -2.32. The lowest BCUT2D eigenvalue weighted by molar-refractivity contribution is -0.113. The number of piperidine rings is 1. The minimum absolute atomic E-state index is 0. The van der Waals surface area contributed by atoms with E-state index in [-0.39, 0.29) is 18.3 Å². The summed E-state index contributed by atoms with van der Waals surface area (Å²) in [4.78, 5) is 28.9. The van der Waals surface area contributed by atoms with E-state index in [4.69, 9.17) is 16.6 Å². The second kappa shape index (κ2) is 11.2. The highest BCUT2D eigenvalue weighted by atomic mass is 35.5. The van der Waals surface area contributed by atoms with Gasteiger partial charge in [0.2, 0.25) is 5.91 Å². The van der Waals surface area contributed by atoms with Crippen LogP contribution in [0.4, 0.5) is 5.82 Å². The van der Waals surface area contributed by atoms with Crippen molar-refractivity contribution < 1.29 is 4.79 Å². The van der Waals surface area contributed by atoms with Crippen LogP contribution < -0.4 is 10.6 Å². The van der Waals surface area contributed by atoms with Crippen molar-refractivity contribution in [3.8, 4) is 0 Å². The fourth-order valence-corrected chi connectivity index (χ4v) is 5.40. The van der Waals surface area contributed by atoms with Crippen molar-refractivity contribution in [3.05, 3.63) is 52.4 Å². The third-order valence-electron chi connectivity index (χ3n) is 6.27. The third-order valence-corrected chi connectivity index (χ3v) is 7.65. The Labute approximate surface area is 214 Å². The standard InChI is InChI=1S/C24H27ClN6OS.ClH/c1-15-2-4-20-23(28-15)18(19(25)13-27-20)8-11-31-9-6-16(7-10-31)26-12-17-3-5-21-24(29-17)30-22(32)14-33-21;/h2-5,13,16,26H,6-12,14H2,1H3,(H,29,30,32);1H. The Morgan fingerprint density at radius 2 is 2.03 bits per heavy atom. The summed E-state index contributed by atoms with van der Waals surface area (Å²) >= 11 is 8.03. The van der Waals surface area contributed by atoms with E-state index in [1.54, 1.807) is 18.0 Å². The highest BCUT2D eigenvalue weighted by Crippen LogP contribution is 2.29. The number of halogens is 2. The van der Waals surface area contributed by atoms with E-state index in [0.717, 1.165) is 71.8 Å². The topological polar surface area (TPSA) is 83.0 Å². The van der Waals surface area contributed by atoms with Crippen molar-refractivity contribution in [2.24, 2.45) is 0 Å². The molecule has 34 heavy (non-hydrogen) atoms. The number of hydrogen-bond acceptors (Lipinski definition) is 7. The van der Waals surface area contributed by atoms with E-state index in [1.807, 2.05) is 25.1 Å². The zero-order valence-electron chi connectivity index (χ0n) is 19.0. The molecular formula is C24H28Cl2N6OS. The van der Waals surface area contributed by atoms with Crippen LogP contribution in [-0.4, -0.2) is 57.2 Å². The van der Waals surface area contributed by atoms with E-state index >= 15 is 0 Å². The summed E-state index contributed by atoms with van der Waals surface area (Å²) in [6.45, 7) is 5.77. The number of hydrogen-bond donors (Lipinski definition) is 2. The van der Waals surface area contributed by atoms with Crippen LogP contribution in [0, 0.1) is 6.92 Å². The fourth-order valence-electron chi connectivity index (χ4n) is 4.41. The Morgan fingerprint density at radius 1 is 1.21 bits per heavy atom. The molecule has 3 aromatic heterocycles. The molecule has 7 nitrogen and oxygen atoms in total. The van der Waals surface area contributed by atoms with Gasteiger partial charge in [0.1, 0.15) is 5.82 Å². The number of nitrogens with zero attached hydrogens (tertiary/aromatic N) is 4. The SMILES string of the molecule is Cc1ccc2ncc(Cl)c(CCN3CCC(NCc4ccc5c(n4)NC(=O)CS5)CC3)c2n1.Cl. The van der Waals surface area contributed by atoms with Gasteiger partial charge in [-0.1, -0.05) is 11.6 Å². The molecule has 3 aromatic rings. The Hall–Kier alpha value is -1.97. The predicted octanol–water partition coefficient (Wildman–Crippen LogP) is 4.25. The zero-order chi connectivity index (χ0) is 22.8. The smallest absolute Gasteiger partial charge is 0.235 e. The summed E-state index contributed by atoms with van der Waals surface area (Å²) in [5.41, 5.74) is 4.85. The van der Waals surface area contributed by atoms with Crippen molar-refractivity contribution in [1.82, 2.24) is 25.2 Å². The van der Waals surface area contributed by atoms with Crippen molar-refractivity contribution in [3.63, 3.8) is 0 Å². The van der Waals surface area contributed by atoms with Crippen LogP contribution in [0.15, 0.2) is 35.4 Å². The van der Waals surface area contributed by atoms with E-state index < -0.39 is 0 Å². The molecule has 0 atom stereocenters. The van der Waals surface area contributed by atoms with E-state index in [0.29, 0.717) is 29.2 Å². The Balaban J connectivity index is 0.00000274. The van der Waals surface area contributed by atoms with Gasteiger partial charge in [0.25, 0.3) is 0 Å². The lowest BCUT2D eigenvalue weighted by Crippen LogP contribution is -2.43. The molecular weight excluding hydrogens is 491 g/mol. The van der Waals surface area contributed by atoms with Crippen molar-refractivity contribution in [1.29, 1.82) is 0 Å². The molecule has 2 aliphatic rings. The number of aryl methyl sites for hydroxylation is 1. The molecule has 0 aliphatic carbocycles. The van der Waals surface area contributed by atoms with Crippen LogP contribution in [0.5, 0.6) is 0 Å². The van der Waals surface area contributed by atoms with Crippen molar-refractivity contribution >= 4 is 58.5 Å². The minimum Gasteiger partial charge on any atom is -0.309 e. The predicted molar refractivity (Wildman–Crippen MR) is 140 cm³/mol. The van der Waals surface area contributed by atoms with Gasteiger partial charge in [-0.3, -0.25) is 14.8 Å². The first-order valence-electron chi connectivity index (χ1n) is 11.3. The number of nitrogens with one attached hydrogen (secondary N) is 2. The number of carbonyl (C=O) groups is 1. The maximum atomic E-state index is 11.6. The first kappa shape index (κ1) is 25.1. The number of fused-ring (bicyclic) bond motifs is 2. The number of amides is 1. The molecule has 0 aromatic carbocycles. The first-order chi connectivity index (χ1) is 16.0. The van der Waals surface area contributed by atoms with Gasteiger partial charge < -0.3 is 15.5 Å².